The van der Waals surface area contributed by atoms with E-state index < -0.39 is 0 Å². The summed E-state index contributed by atoms with van der Waals surface area (Å²) in [6.07, 6.45) is 0. The molecule has 0 amide bonds. The first-order valence-electron chi connectivity index (χ1n) is 17.6. The Bertz CT molecular complexity index is 3160. The Morgan fingerprint density at radius 3 is 1.35 bits per heavy atom. The maximum atomic E-state index is 6.34. The molecule has 0 saturated carbocycles. The second-order valence-electron chi connectivity index (χ2n) is 13.7. The van der Waals surface area contributed by atoms with Crippen molar-refractivity contribution in [1.82, 2.24) is 0 Å². The Morgan fingerprint density at radius 2 is 0.686 bits per heavy atom. The van der Waals surface area contributed by atoms with E-state index in [4.69, 9.17) is 4.42 Å². The predicted octanol–water partition coefficient (Wildman–Crippen LogP) is 14.4. The molecule has 0 fully saturated rings. The van der Waals surface area contributed by atoms with Crippen molar-refractivity contribution in [3.63, 3.8) is 0 Å². The maximum absolute atomic E-state index is 6.34. The van der Waals surface area contributed by atoms with Crippen molar-refractivity contribution in [2.45, 2.75) is 0 Å². The van der Waals surface area contributed by atoms with Gasteiger partial charge in [-0.05, 0) is 130 Å². The van der Waals surface area contributed by atoms with Crippen LogP contribution in [0.3, 0.4) is 0 Å². The molecule has 0 unspecified atom stereocenters. The molecule has 0 atom stereocenters. The summed E-state index contributed by atoms with van der Waals surface area (Å²) in [5.74, 6) is 0. The molecule has 236 valence electrons. The van der Waals surface area contributed by atoms with Gasteiger partial charge in [-0.2, -0.15) is 0 Å². The summed E-state index contributed by atoms with van der Waals surface area (Å²) in [5.41, 5.74) is 9.06. The van der Waals surface area contributed by atoms with Crippen molar-refractivity contribution in [2.24, 2.45) is 0 Å². The Morgan fingerprint density at radius 1 is 0.235 bits per heavy atom. The highest BCUT2D eigenvalue weighted by molar-refractivity contribution is 6.25. The third-order valence-electron chi connectivity index (χ3n) is 10.8. The molecule has 0 N–H and O–H groups in total. The van der Waals surface area contributed by atoms with Crippen molar-refractivity contribution in [3.8, 4) is 33.4 Å². The highest BCUT2D eigenvalue weighted by Gasteiger charge is 2.13. The lowest BCUT2D eigenvalue weighted by molar-refractivity contribution is 0.669. The van der Waals surface area contributed by atoms with Crippen LogP contribution >= 0.6 is 0 Å². The average Bonchev–Trinajstić information content (AvgIpc) is 3.57. The quantitative estimate of drug-likeness (QED) is 0.174. The van der Waals surface area contributed by atoms with Gasteiger partial charge in [0.2, 0.25) is 0 Å². The van der Waals surface area contributed by atoms with Gasteiger partial charge in [-0.3, -0.25) is 0 Å². The summed E-state index contributed by atoms with van der Waals surface area (Å²) < 4.78 is 6.34. The van der Waals surface area contributed by atoms with E-state index in [-0.39, 0.29) is 0 Å². The Hall–Kier alpha value is -6.70. The molecule has 0 saturated heterocycles. The van der Waals surface area contributed by atoms with Gasteiger partial charge in [0.25, 0.3) is 0 Å². The maximum Gasteiger partial charge on any atom is 0.135 e. The first kappa shape index (κ1) is 28.2. The van der Waals surface area contributed by atoms with E-state index in [0.29, 0.717) is 0 Å². The summed E-state index contributed by atoms with van der Waals surface area (Å²) in [4.78, 5) is 0. The van der Waals surface area contributed by atoms with Crippen LogP contribution in [0, 0.1) is 0 Å². The minimum atomic E-state index is 0.906. The molecule has 11 rings (SSSR count). The predicted molar refractivity (Wildman–Crippen MR) is 218 cm³/mol. The van der Waals surface area contributed by atoms with Gasteiger partial charge in [-0.25, -0.2) is 0 Å². The second-order valence-corrected chi connectivity index (χ2v) is 13.7. The lowest BCUT2D eigenvalue weighted by Gasteiger charge is -2.12. The summed E-state index contributed by atoms with van der Waals surface area (Å²) in [6.45, 7) is 0. The summed E-state index contributed by atoms with van der Waals surface area (Å²) in [5, 5.41) is 15.0. The molecule has 1 nitrogen and oxygen atoms in total. The van der Waals surface area contributed by atoms with Crippen LogP contribution in [0.4, 0.5) is 0 Å². The van der Waals surface area contributed by atoms with Gasteiger partial charge in [-0.1, -0.05) is 140 Å². The van der Waals surface area contributed by atoms with Crippen LogP contribution in [0.2, 0.25) is 0 Å². The van der Waals surface area contributed by atoms with Crippen molar-refractivity contribution >= 4 is 75.8 Å². The third-order valence-corrected chi connectivity index (χ3v) is 10.8. The number of benzene rings is 10. The van der Waals surface area contributed by atoms with Gasteiger partial charge in [-0.15, -0.1) is 0 Å². The number of hydrogen-bond acceptors (Lipinski definition) is 1. The van der Waals surface area contributed by atoms with E-state index in [1.165, 1.54) is 87.2 Å². The van der Waals surface area contributed by atoms with Crippen LogP contribution in [0.1, 0.15) is 0 Å². The van der Waals surface area contributed by atoms with Crippen molar-refractivity contribution in [2.75, 3.05) is 0 Å². The van der Waals surface area contributed by atoms with E-state index in [9.17, 15) is 0 Å². The van der Waals surface area contributed by atoms with E-state index in [1.54, 1.807) is 0 Å². The van der Waals surface area contributed by atoms with Gasteiger partial charge in [0, 0.05) is 10.8 Å². The fraction of sp³-hybridized carbons (Fsp3) is 0. The highest BCUT2D eigenvalue weighted by Crippen LogP contribution is 2.39. The molecule has 0 bridgehead atoms. The van der Waals surface area contributed by atoms with E-state index in [2.05, 4.69) is 182 Å². The fourth-order valence-electron chi connectivity index (χ4n) is 8.29. The smallest absolute Gasteiger partial charge is 0.135 e. The normalized spacial score (nSPS) is 11.9. The summed E-state index contributed by atoms with van der Waals surface area (Å²) in [6, 6.07) is 66.4. The van der Waals surface area contributed by atoms with Gasteiger partial charge < -0.3 is 4.42 Å². The first-order chi connectivity index (χ1) is 25.2. The molecule has 0 spiro atoms. The topological polar surface area (TPSA) is 13.1 Å². The number of fused-ring (bicyclic) bond motifs is 11. The van der Waals surface area contributed by atoms with Crippen molar-refractivity contribution < 1.29 is 4.42 Å². The highest BCUT2D eigenvalue weighted by atomic mass is 16.3. The molecular formula is C50H30O. The Kier molecular flexibility index (Phi) is 6.02. The van der Waals surface area contributed by atoms with E-state index in [0.717, 1.165) is 21.9 Å². The minimum Gasteiger partial charge on any atom is -0.456 e. The zero-order valence-corrected chi connectivity index (χ0v) is 27.7. The molecule has 0 aliphatic heterocycles. The number of furan rings is 1. The number of hydrogen-bond donors (Lipinski definition) is 0. The van der Waals surface area contributed by atoms with Crippen LogP contribution in [-0.4, -0.2) is 0 Å². The van der Waals surface area contributed by atoms with Crippen LogP contribution in [0.25, 0.3) is 109 Å². The average molecular weight is 647 g/mol. The zero-order valence-electron chi connectivity index (χ0n) is 27.7. The molecule has 1 heterocycles. The molecular weight excluding hydrogens is 617 g/mol. The largest absolute Gasteiger partial charge is 0.456 e. The van der Waals surface area contributed by atoms with E-state index >= 15 is 0 Å². The van der Waals surface area contributed by atoms with Gasteiger partial charge in [0.05, 0.1) is 0 Å². The third kappa shape index (κ3) is 4.42. The molecule has 0 radical (unpaired) electrons. The van der Waals surface area contributed by atoms with Gasteiger partial charge in [0.1, 0.15) is 11.2 Å². The molecule has 1 aromatic heterocycles. The zero-order chi connectivity index (χ0) is 33.5. The van der Waals surface area contributed by atoms with Crippen molar-refractivity contribution in [3.05, 3.63) is 182 Å². The standard InChI is InChI=1S/C50H30O/c1-2-10-39-32(8-1)9-7-15-40(39)37-22-25-50-48(30-37)47-29-36(21-24-49(47)51-50)34-19-17-31-16-18-33(26-38(31)27-34)35-20-23-45-43-13-4-3-11-41(43)42-12-5-6-14-44(42)46(45)28-35/h1-30H. The Balaban J connectivity index is 1.02. The molecule has 11 aromatic rings. The SMILES string of the molecule is c1ccc2c(-c3ccc4oc5ccc(-c6ccc7ccc(-c8ccc9c%10ccccc%10c%10ccccc%10c9c8)cc7c6)cc5c4c3)cccc2c1. The summed E-state index contributed by atoms with van der Waals surface area (Å²) in [7, 11) is 0. The lowest BCUT2D eigenvalue weighted by atomic mass is 9.91. The first-order valence-corrected chi connectivity index (χ1v) is 17.6. The van der Waals surface area contributed by atoms with Crippen molar-refractivity contribution in [1.29, 1.82) is 0 Å². The van der Waals surface area contributed by atoms with Crippen LogP contribution in [-0.2, 0) is 0 Å². The van der Waals surface area contributed by atoms with Gasteiger partial charge >= 0.3 is 0 Å². The summed E-state index contributed by atoms with van der Waals surface area (Å²) >= 11 is 0. The monoisotopic (exact) mass is 646 g/mol. The Labute approximate surface area is 294 Å². The fourth-order valence-corrected chi connectivity index (χ4v) is 8.29. The second kappa shape index (κ2) is 10.9. The van der Waals surface area contributed by atoms with Crippen LogP contribution in [0.5, 0.6) is 0 Å². The van der Waals surface area contributed by atoms with Crippen LogP contribution in [0.15, 0.2) is 186 Å². The van der Waals surface area contributed by atoms with E-state index in [1.807, 2.05) is 0 Å². The van der Waals surface area contributed by atoms with Gasteiger partial charge in [0.15, 0.2) is 0 Å². The van der Waals surface area contributed by atoms with Crippen LogP contribution < -0.4 is 0 Å². The number of rotatable bonds is 3. The molecule has 0 aliphatic rings. The molecule has 51 heavy (non-hydrogen) atoms. The lowest BCUT2D eigenvalue weighted by Crippen LogP contribution is -1.85. The minimum absolute atomic E-state index is 0.906. The molecule has 0 aliphatic carbocycles. The molecule has 10 aromatic carbocycles. The molecule has 1 heteroatoms.